The van der Waals surface area contributed by atoms with Crippen molar-refractivity contribution in [2.45, 2.75) is 56.0 Å². The van der Waals surface area contributed by atoms with Gasteiger partial charge >= 0.3 is 0 Å². The Balaban J connectivity index is 1.63. The van der Waals surface area contributed by atoms with E-state index >= 15 is 0 Å². The van der Waals surface area contributed by atoms with E-state index in [2.05, 4.69) is 5.32 Å². The quantitative estimate of drug-likeness (QED) is 0.352. The minimum absolute atomic E-state index is 0.0708. The van der Waals surface area contributed by atoms with Crippen molar-refractivity contribution in [1.82, 2.24) is 10.2 Å². The highest BCUT2D eigenvalue weighted by Crippen LogP contribution is 2.26. The molecule has 0 aromatic heterocycles. The number of anilines is 1. The Hall–Kier alpha value is -3.85. The Kier molecular flexibility index (Phi) is 9.82. The van der Waals surface area contributed by atoms with Gasteiger partial charge in [0.05, 0.1) is 17.7 Å². The summed E-state index contributed by atoms with van der Waals surface area (Å²) in [4.78, 5) is 28.8. The first kappa shape index (κ1) is 29.1. The molecule has 3 aromatic carbocycles. The standard InChI is InChI=1S/C31H37N3O5S/c1-24(31(36)32-26-13-9-10-14-26)33(22-21-25-11-5-3-6-12-25)30(35)23-34(27-17-19-28(39-2)20-18-27)40(37,38)29-15-7-4-8-16-29/h3-8,11-12,15-20,24,26H,9-10,13-14,21-23H2,1-2H3,(H,32,36). The van der Waals surface area contributed by atoms with Gasteiger partial charge in [0.25, 0.3) is 10.0 Å². The van der Waals surface area contributed by atoms with Crippen LogP contribution in [0.1, 0.15) is 38.2 Å². The number of hydrogen-bond donors (Lipinski definition) is 1. The molecule has 0 saturated heterocycles. The van der Waals surface area contributed by atoms with Crippen molar-refractivity contribution in [2.75, 3.05) is 24.5 Å². The van der Waals surface area contributed by atoms with Crippen LogP contribution in [0.3, 0.4) is 0 Å². The molecule has 1 atom stereocenters. The van der Waals surface area contributed by atoms with E-state index < -0.39 is 28.5 Å². The molecule has 1 fully saturated rings. The summed E-state index contributed by atoms with van der Waals surface area (Å²) in [5, 5.41) is 3.09. The fourth-order valence-electron chi connectivity index (χ4n) is 4.96. The van der Waals surface area contributed by atoms with Gasteiger partial charge in [0.15, 0.2) is 0 Å². The summed E-state index contributed by atoms with van der Waals surface area (Å²) in [6, 6.07) is 23.6. The van der Waals surface area contributed by atoms with Crippen LogP contribution >= 0.6 is 0 Å². The van der Waals surface area contributed by atoms with Gasteiger partial charge < -0.3 is 15.0 Å². The minimum Gasteiger partial charge on any atom is -0.497 e. The van der Waals surface area contributed by atoms with Crippen LogP contribution in [0.4, 0.5) is 5.69 Å². The first-order valence-corrected chi connectivity index (χ1v) is 15.1. The second-order valence-corrected chi connectivity index (χ2v) is 11.9. The average molecular weight is 564 g/mol. The Bertz CT molecular complexity index is 1360. The molecule has 1 aliphatic rings. The van der Waals surface area contributed by atoms with Gasteiger partial charge in [-0.3, -0.25) is 13.9 Å². The number of sulfonamides is 1. The van der Waals surface area contributed by atoms with Crippen molar-refractivity contribution in [2.24, 2.45) is 0 Å². The molecule has 1 unspecified atom stereocenters. The third-order valence-corrected chi connectivity index (χ3v) is 9.11. The first-order chi connectivity index (χ1) is 19.3. The molecule has 0 bridgehead atoms. The topological polar surface area (TPSA) is 96.0 Å². The van der Waals surface area contributed by atoms with E-state index in [4.69, 9.17) is 4.74 Å². The van der Waals surface area contributed by atoms with Crippen molar-refractivity contribution in [3.8, 4) is 5.75 Å². The van der Waals surface area contributed by atoms with Gasteiger partial charge in [-0.25, -0.2) is 8.42 Å². The molecule has 0 radical (unpaired) electrons. The Morgan fingerprint density at radius 1 is 0.925 bits per heavy atom. The van der Waals surface area contributed by atoms with Crippen molar-refractivity contribution >= 4 is 27.5 Å². The second kappa shape index (κ2) is 13.5. The maximum Gasteiger partial charge on any atom is 0.264 e. The van der Waals surface area contributed by atoms with Gasteiger partial charge in [-0.05, 0) is 68.1 Å². The Morgan fingerprint density at radius 2 is 1.52 bits per heavy atom. The third kappa shape index (κ3) is 7.21. The van der Waals surface area contributed by atoms with Crippen LogP contribution in [0.5, 0.6) is 5.75 Å². The highest BCUT2D eigenvalue weighted by Gasteiger charge is 2.33. The van der Waals surface area contributed by atoms with Gasteiger partial charge in [0.1, 0.15) is 18.3 Å². The molecule has 0 heterocycles. The number of carbonyl (C=O) groups is 2. The number of nitrogens with one attached hydrogen (secondary N) is 1. The fraction of sp³-hybridized carbons (Fsp3) is 0.355. The number of methoxy groups -OCH3 is 1. The molecular formula is C31H37N3O5S. The minimum atomic E-state index is -4.09. The number of benzene rings is 3. The first-order valence-electron chi connectivity index (χ1n) is 13.6. The lowest BCUT2D eigenvalue weighted by atomic mass is 10.1. The number of nitrogens with zero attached hydrogens (tertiary/aromatic N) is 2. The van der Waals surface area contributed by atoms with E-state index in [0.29, 0.717) is 17.9 Å². The van der Waals surface area contributed by atoms with E-state index in [0.717, 1.165) is 35.6 Å². The molecule has 2 amide bonds. The third-order valence-electron chi connectivity index (χ3n) is 7.32. The SMILES string of the molecule is COc1ccc(N(CC(=O)N(CCc2ccccc2)C(C)C(=O)NC2CCCC2)S(=O)(=O)c2ccccc2)cc1. The molecule has 4 rings (SSSR count). The van der Waals surface area contributed by atoms with Crippen LogP contribution in [0.2, 0.25) is 0 Å². The number of hydrogen-bond acceptors (Lipinski definition) is 5. The summed E-state index contributed by atoms with van der Waals surface area (Å²) in [7, 11) is -2.56. The fourth-order valence-corrected chi connectivity index (χ4v) is 6.39. The summed E-state index contributed by atoms with van der Waals surface area (Å²) in [6.45, 7) is 1.51. The summed E-state index contributed by atoms with van der Waals surface area (Å²) < 4.78 is 33.9. The predicted octanol–water partition coefficient (Wildman–Crippen LogP) is 4.41. The van der Waals surface area contributed by atoms with E-state index in [1.165, 1.54) is 24.1 Å². The summed E-state index contributed by atoms with van der Waals surface area (Å²) >= 11 is 0. The predicted molar refractivity (Wildman–Crippen MR) is 156 cm³/mol. The smallest absolute Gasteiger partial charge is 0.264 e. The monoisotopic (exact) mass is 563 g/mol. The molecule has 3 aromatic rings. The Labute approximate surface area is 237 Å². The molecule has 0 aliphatic heterocycles. The summed E-state index contributed by atoms with van der Waals surface area (Å²) in [6.07, 6.45) is 4.53. The highest BCUT2D eigenvalue weighted by atomic mass is 32.2. The van der Waals surface area contributed by atoms with Gasteiger partial charge in [-0.1, -0.05) is 61.4 Å². The van der Waals surface area contributed by atoms with Crippen LogP contribution in [0.15, 0.2) is 89.8 Å². The van der Waals surface area contributed by atoms with Gasteiger partial charge in [0.2, 0.25) is 11.8 Å². The molecule has 0 spiro atoms. The van der Waals surface area contributed by atoms with Crippen LogP contribution < -0.4 is 14.4 Å². The van der Waals surface area contributed by atoms with Crippen LogP contribution in [0.25, 0.3) is 0 Å². The zero-order valence-electron chi connectivity index (χ0n) is 23.0. The zero-order chi connectivity index (χ0) is 28.5. The van der Waals surface area contributed by atoms with Crippen LogP contribution in [0, 0.1) is 0 Å². The van der Waals surface area contributed by atoms with Crippen LogP contribution in [-0.4, -0.2) is 57.4 Å². The van der Waals surface area contributed by atoms with Gasteiger partial charge in [-0.2, -0.15) is 0 Å². The molecule has 1 aliphatic carbocycles. The maximum atomic E-state index is 13.9. The van der Waals surface area contributed by atoms with Crippen LogP contribution in [-0.2, 0) is 26.0 Å². The molecule has 1 N–H and O–H groups in total. The second-order valence-electron chi connectivity index (χ2n) is 10.0. The lowest BCUT2D eigenvalue weighted by Gasteiger charge is -2.32. The highest BCUT2D eigenvalue weighted by molar-refractivity contribution is 7.92. The number of ether oxygens (including phenoxy) is 1. The van der Waals surface area contributed by atoms with Crippen molar-refractivity contribution in [1.29, 1.82) is 0 Å². The average Bonchev–Trinajstić information content (AvgIpc) is 3.50. The molecule has 9 heteroatoms. The molecule has 8 nitrogen and oxygen atoms in total. The normalized spacial score (nSPS) is 14.3. The summed E-state index contributed by atoms with van der Waals surface area (Å²) in [5.74, 6) is -0.121. The maximum absolute atomic E-state index is 13.9. The zero-order valence-corrected chi connectivity index (χ0v) is 23.8. The van der Waals surface area contributed by atoms with Gasteiger partial charge in [0, 0.05) is 12.6 Å². The number of rotatable bonds is 12. The van der Waals surface area contributed by atoms with Crippen molar-refractivity contribution in [3.63, 3.8) is 0 Å². The molecular weight excluding hydrogens is 526 g/mol. The summed E-state index contributed by atoms with van der Waals surface area (Å²) in [5.41, 5.74) is 1.34. The van der Waals surface area contributed by atoms with E-state index in [1.54, 1.807) is 49.4 Å². The van der Waals surface area contributed by atoms with Crippen molar-refractivity contribution in [3.05, 3.63) is 90.5 Å². The number of amides is 2. The van der Waals surface area contributed by atoms with E-state index in [-0.39, 0.29) is 23.4 Å². The molecule has 40 heavy (non-hydrogen) atoms. The van der Waals surface area contributed by atoms with E-state index in [1.807, 2.05) is 30.3 Å². The molecule has 212 valence electrons. The largest absolute Gasteiger partial charge is 0.497 e. The van der Waals surface area contributed by atoms with E-state index in [9.17, 15) is 18.0 Å². The van der Waals surface area contributed by atoms with Gasteiger partial charge in [-0.15, -0.1) is 0 Å². The number of carbonyl (C=O) groups excluding carboxylic acids is 2. The lowest BCUT2D eigenvalue weighted by molar-refractivity contribution is -0.139. The van der Waals surface area contributed by atoms with Crippen molar-refractivity contribution < 1.29 is 22.7 Å². The Morgan fingerprint density at radius 3 is 2.12 bits per heavy atom. The lowest BCUT2D eigenvalue weighted by Crippen LogP contribution is -2.53. The molecule has 1 saturated carbocycles.